The number of nitrogens with two attached hydrogens (primary N) is 1. The maximum absolute atomic E-state index is 13.5. The number of alkyl halides is 3. The van der Waals surface area contributed by atoms with Crippen molar-refractivity contribution in [2.24, 2.45) is 5.73 Å². The van der Waals surface area contributed by atoms with Gasteiger partial charge in [-0.1, -0.05) is 80.0 Å². The van der Waals surface area contributed by atoms with Gasteiger partial charge in [0.15, 0.2) is 0 Å². The van der Waals surface area contributed by atoms with Crippen molar-refractivity contribution in [1.29, 1.82) is 0 Å². The summed E-state index contributed by atoms with van der Waals surface area (Å²) in [4.78, 5) is 29.0. The summed E-state index contributed by atoms with van der Waals surface area (Å²) in [6.45, 7) is 12.4. The molecule has 0 radical (unpaired) electrons. The number of rotatable bonds is 13. The highest BCUT2D eigenvalue weighted by Crippen LogP contribution is 2.37. The van der Waals surface area contributed by atoms with E-state index in [2.05, 4.69) is 15.1 Å². The average Bonchev–Trinajstić information content (AvgIpc) is 3.06. The lowest BCUT2D eigenvalue weighted by Crippen LogP contribution is -2.49. The minimum atomic E-state index is -4.37. The summed E-state index contributed by atoms with van der Waals surface area (Å²) >= 11 is 5.88. The number of benzene rings is 3. The lowest BCUT2D eigenvalue weighted by atomic mass is 9.97. The monoisotopic (exact) mass is 687 g/mol. The van der Waals surface area contributed by atoms with E-state index in [9.17, 15) is 22.8 Å². The Balaban J connectivity index is 0.000000261. The molecule has 3 aromatic carbocycles. The van der Waals surface area contributed by atoms with E-state index in [1.807, 2.05) is 76.2 Å². The second-order valence-electron chi connectivity index (χ2n) is 12.2. The largest absolute Gasteiger partial charge is 0.416 e. The molecule has 3 aromatic rings. The topological polar surface area (TPSA) is 81.9 Å². The Bertz CT molecular complexity index is 1430. The standard InChI is InChI=1S/C19H23ClN2O.C18H26F3N3O/c1-13-5-3-4-6-17(13)18(21)12-19(23)22-14(2)11-15-7-9-16(20)10-8-15;1-3-22(4-2)13-17(24-11-9-23(14-25)10-12-24)15-7-5-6-8-16(15)18(19,20)21/h3-10,14,18H,11-12,21H2,1-2H3,(H,22,23);5-8,14,17H,3-4,9-13H2,1-2H3. The normalized spacial score (nSPS) is 15.7. The number of carbonyl (C=O) groups is 2. The molecule has 0 aliphatic carbocycles. The molecule has 0 bridgehead atoms. The molecule has 3 atom stereocenters. The second-order valence-corrected chi connectivity index (χ2v) is 12.7. The lowest BCUT2D eigenvalue weighted by molar-refractivity contribution is -0.139. The van der Waals surface area contributed by atoms with Gasteiger partial charge in [0.1, 0.15) is 0 Å². The van der Waals surface area contributed by atoms with E-state index in [4.69, 9.17) is 17.3 Å². The summed E-state index contributed by atoms with van der Waals surface area (Å²) in [5.41, 5.74) is 9.20. The molecule has 1 saturated heterocycles. The first-order valence-electron chi connectivity index (χ1n) is 16.5. The van der Waals surface area contributed by atoms with Gasteiger partial charge in [0.25, 0.3) is 0 Å². The van der Waals surface area contributed by atoms with Gasteiger partial charge in [-0.2, -0.15) is 13.2 Å². The smallest absolute Gasteiger partial charge is 0.353 e. The number of hydrogen-bond donors (Lipinski definition) is 2. The number of likely N-dealkylation sites (N-methyl/N-ethyl adjacent to an activating group) is 1. The van der Waals surface area contributed by atoms with Crippen molar-refractivity contribution in [2.45, 2.75) is 64.8 Å². The molecule has 3 N–H and O–H groups in total. The van der Waals surface area contributed by atoms with Crippen LogP contribution in [0.3, 0.4) is 0 Å². The van der Waals surface area contributed by atoms with Crippen LogP contribution < -0.4 is 11.1 Å². The minimum absolute atomic E-state index is 0.0257. The molecule has 2 amide bonds. The fourth-order valence-electron chi connectivity index (χ4n) is 6.01. The molecule has 0 aromatic heterocycles. The van der Waals surface area contributed by atoms with Crippen LogP contribution in [0.5, 0.6) is 0 Å². The van der Waals surface area contributed by atoms with E-state index >= 15 is 0 Å². The van der Waals surface area contributed by atoms with Gasteiger partial charge in [-0.15, -0.1) is 0 Å². The molecule has 4 rings (SSSR count). The Morgan fingerprint density at radius 1 is 0.958 bits per heavy atom. The molecule has 0 spiro atoms. The summed E-state index contributed by atoms with van der Waals surface area (Å²) in [5, 5.41) is 3.73. The average molecular weight is 688 g/mol. The fraction of sp³-hybridized carbons (Fsp3) is 0.459. The molecule has 1 heterocycles. The molecule has 48 heavy (non-hydrogen) atoms. The SMILES string of the molecule is CCN(CC)CC(c1ccccc1C(F)(F)F)N1CCN(C=O)CC1.Cc1ccccc1C(N)CC(=O)NC(C)Cc1ccc(Cl)cc1. The number of hydrogen-bond acceptors (Lipinski definition) is 5. The van der Waals surface area contributed by atoms with E-state index in [-0.39, 0.29) is 30.5 Å². The van der Waals surface area contributed by atoms with Crippen LogP contribution in [0, 0.1) is 6.92 Å². The second kappa shape index (κ2) is 18.9. The van der Waals surface area contributed by atoms with Crippen molar-refractivity contribution in [3.05, 3.63) is 106 Å². The lowest BCUT2D eigenvalue weighted by Gasteiger charge is -2.40. The highest BCUT2D eigenvalue weighted by atomic mass is 35.5. The van der Waals surface area contributed by atoms with Crippen molar-refractivity contribution in [3.63, 3.8) is 0 Å². The zero-order valence-corrected chi connectivity index (χ0v) is 29.1. The van der Waals surface area contributed by atoms with Gasteiger partial charge in [0.2, 0.25) is 12.3 Å². The van der Waals surface area contributed by atoms with Crippen molar-refractivity contribution >= 4 is 23.9 Å². The molecular formula is C37H49ClF3N5O2. The van der Waals surface area contributed by atoms with Crippen molar-refractivity contribution < 1.29 is 22.8 Å². The van der Waals surface area contributed by atoms with Crippen LogP contribution in [0.25, 0.3) is 0 Å². The van der Waals surface area contributed by atoms with Crippen LogP contribution in [-0.4, -0.2) is 78.9 Å². The highest BCUT2D eigenvalue weighted by molar-refractivity contribution is 6.30. The summed E-state index contributed by atoms with van der Waals surface area (Å²) in [5.74, 6) is -0.0257. The molecule has 1 aliphatic rings. The van der Waals surface area contributed by atoms with Crippen molar-refractivity contribution in [2.75, 3.05) is 45.8 Å². The first kappa shape index (κ1) is 39.0. The number of carbonyl (C=O) groups excluding carboxylic acids is 2. The molecular weight excluding hydrogens is 639 g/mol. The number of nitrogens with one attached hydrogen (secondary N) is 1. The van der Waals surface area contributed by atoms with E-state index in [0.29, 0.717) is 38.3 Å². The minimum Gasteiger partial charge on any atom is -0.353 e. The highest BCUT2D eigenvalue weighted by Gasteiger charge is 2.37. The van der Waals surface area contributed by atoms with Crippen LogP contribution in [-0.2, 0) is 22.2 Å². The Kier molecular flexibility index (Phi) is 15.4. The molecule has 3 unspecified atom stereocenters. The maximum atomic E-state index is 13.5. The van der Waals surface area contributed by atoms with Crippen LogP contribution in [0.15, 0.2) is 72.8 Å². The van der Waals surface area contributed by atoms with Crippen LogP contribution >= 0.6 is 11.6 Å². The molecule has 11 heteroatoms. The van der Waals surface area contributed by atoms with Gasteiger partial charge in [-0.25, -0.2) is 0 Å². The van der Waals surface area contributed by atoms with E-state index < -0.39 is 11.7 Å². The van der Waals surface area contributed by atoms with E-state index in [0.717, 1.165) is 53.7 Å². The van der Waals surface area contributed by atoms with Gasteiger partial charge in [-0.05, 0) is 73.8 Å². The molecule has 7 nitrogen and oxygen atoms in total. The summed E-state index contributed by atoms with van der Waals surface area (Å²) in [7, 11) is 0. The van der Waals surface area contributed by atoms with Gasteiger partial charge in [0, 0.05) is 62.3 Å². The van der Waals surface area contributed by atoms with Gasteiger partial charge >= 0.3 is 6.18 Å². The number of nitrogens with zero attached hydrogens (tertiary/aromatic N) is 3. The zero-order valence-electron chi connectivity index (χ0n) is 28.3. The van der Waals surface area contributed by atoms with Gasteiger partial charge in [0.05, 0.1) is 5.56 Å². The molecule has 0 saturated carbocycles. The molecule has 1 fully saturated rings. The van der Waals surface area contributed by atoms with E-state index in [1.165, 1.54) is 6.07 Å². The molecule has 262 valence electrons. The third-order valence-corrected chi connectivity index (χ3v) is 9.00. The third kappa shape index (κ3) is 11.9. The maximum Gasteiger partial charge on any atom is 0.416 e. The van der Waals surface area contributed by atoms with Gasteiger partial charge < -0.3 is 20.9 Å². The summed E-state index contributed by atoms with van der Waals surface area (Å²) in [6, 6.07) is 20.9. The Morgan fingerprint density at radius 3 is 2.10 bits per heavy atom. The number of halogens is 4. The quantitative estimate of drug-likeness (QED) is 0.197. The zero-order chi connectivity index (χ0) is 35.3. The predicted octanol–water partition coefficient (Wildman–Crippen LogP) is 6.65. The fourth-order valence-corrected chi connectivity index (χ4v) is 6.13. The number of aryl methyl sites for hydroxylation is 1. The summed E-state index contributed by atoms with van der Waals surface area (Å²) in [6.07, 6.45) is -2.51. The van der Waals surface area contributed by atoms with Crippen LogP contribution in [0.1, 0.15) is 67.1 Å². The Hall–Kier alpha value is -3.44. The molecule has 1 aliphatic heterocycles. The van der Waals surface area contributed by atoms with Gasteiger partial charge in [-0.3, -0.25) is 14.5 Å². The third-order valence-electron chi connectivity index (χ3n) is 8.75. The Morgan fingerprint density at radius 2 is 1.54 bits per heavy atom. The number of amides is 2. The first-order chi connectivity index (χ1) is 22.9. The van der Waals surface area contributed by atoms with Crippen LogP contribution in [0.2, 0.25) is 5.02 Å². The Labute approximate surface area is 288 Å². The summed E-state index contributed by atoms with van der Waals surface area (Å²) < 4.78 is 40.5. The predicted molar refractivity (Wildman–Crippen MR) is 187 cm³/mol. The number of piperazine rings is 1. The van der Waals surface area contributed by atoms with E-state index in [1.54, 1.807) is 17.0 Å². The van der Waals surface area contributed by atoms with Crippen molar-refractivity contribution in [3.8, 4) is 0 Å². The first-order valence-corrected chi connectivity index (χ1v) is 16.9. The van der Waals surface area contributed by atoms with Crippen molar-refractivity contribution in [1.82, 2.24) is 20.0 Å². The van der Waals surface area contributed by atoms with Crippen LogP contribution in [0.4, 0.5) is 13.2 Å².